The van der Waals surface area contributed by atoms with E-state index in [1.165, 1.54) is 47.5 Å². The first-order valence-corrected chi connectivity index (χ1v) is 13.1. The number of carbonyl (C=O) groups excluding carboxylic acids is 3. The third kappa shape index (κ3) is 5.37. The molecule has 0 fully saturated rings. The van der Waals surface area contributed by atoms with Gasteiger partial charge in [-0.3, -0.25) is 23.7 Å². The highest BCUT2D eigenvalue weighted by atomic mass is 19.1. The second-order valence-electron chi connectivity index (χ2n) is 10.1. The van der Waals surface area contributed by atoms with Crippen molar-refractivity contribution in [2.45, 2.75) is 12.6 Å². The van der Waals surface area contributed by atoms with Crippen molar-refractivity contribution in [1.29, 1.82) is 0 Å². The van der Waals surface area contributed by atoms with Crippen molar-refractivity contribution in [3.8, 4) is 11.4 Å². The quantitative estimate of drug-likeness (QED) is 0.237. The fourth-order valence-electron chi connectivity index (χ4n) is 4.77. The average molecular weight is 583 g/mol. The lowest BCUT2D eigenvalue weighted by molar-refractivity contribution is -0.122. The molecule has 218 valence electrons. The number of nitrogens with one attached hydrogen (secondary N) is 1. The minimum Gasteiger partial charge on any atom is -0.434 e. The minimum atomic E-state index is -1.49. The van der Waals surface area contributed by atoms with Gasteiger partial charge in [0.15, 0.2) is 5.58 Å². The summed E-state index contributed by atoms with van der Waals surface area (Å²) in [4.78, 5) is 62.5. The smallest absolute Gasteiger partial charge is 0.277 e. The predicted molar refractivity (Wildman–Crippen MR) is 158 cm³/mol. The molecule has 1 aliphatic carbocycles. The number of Topliss-reactive ketones (excluding diaryl/α,β-unsaturated/α-hetero) is 1. The Balaban J connectivity index is 1.44. The number of nitrogens with zero attached hydrogens (tertiary/aromatic N) is 4. The van der Waals surface area contributed by atoms with E-state index in [1.807, 2.05) is 0 Å². The molecule has 2 aromatic carbocycles. The van der Waals surface area contributed by atoms with Gasteiger partial charge < -0.3 is 20.4 Å². The molecule has 2 heterocycles. The number of hydrogen-bond donors (Lipinski definition) is 2. The van der Waals surface area contributed by atoms with Crippen molar-refractivity contribution in [2.75, 3.05) is 19.8 Å². The topological polar surface area (TPSA) is 153 Å². The van der Waals surface area contributed by atoms with Crippen LogP contribution in [0, 0.1) is 11.2 Å². The molecule has 3 N–H and O–H groups in total. The van der Waals surface area contributed by atoms with Crippen LogP contribution in [0.15, 0.2) is 94.8 Å². The number of benzene rings is 2. The number of ketones is 1. The van der Waals surface area contributed by atoms with Crippen LogP contribution in [0.25, 0.3) is 22.5 Å². The van der Waals surface area contributed by atoms with Crippen LogP contribution >= 0.6 is 0 Å². The molecule has 0 saturated heterocycles. The van der Waals surface area contributed by atoms with Gasteiger partial charge >= 0.3 is 0 Å². The molecule has 43 heavy (non-hydrogen) atoms. The number of anilines is 1. The Bertz CT molecular complexity index is 1890. The predicted octanol–water partition coefficient (Wildman–Crippen LogP) is 3.14. The molecule has 2 amide bonds. The van der Waals surface area contributed by atoms with Crippen LogP contribution in [-0.2, 0) is 11.3 Å². The van der Waals surface area contributed by atoms with E-state index in [-0.39, 0.29) is 23.3 Å². The number of nitrogens with two attached hydrogens (primary N) is 1. The van der Waals surface area contributed by atoms with Gasteiger partial charge in [0.25, 0.3) is 17.4 Å². The van der Waals surface area contributed by atoms with E-state index in [9.17, 15) is 23.6 Å². The molecule has 1 aliphatic rings. The number of aromatic nitrogens is 3. The van der Waals surface area contributed by atoms with E-state index >= 15 is 0 Å². The molecule has 0 aliphatic heterocycles. The average Bonchev–Trinajstić information content (AvgIpc) is 3.43. The Morgan fingerprint density at radius 1 is 1.19 bits per heavy atom. The zero-order valence-corrected chi connectivity index (χ0v) is 23.3. The van der Waals surface area contributed by atoms with Gasteiger partial charge in [-0.15, -0.1) is 6.58 Å². The molecular weight excluding hydrogens is 555 g/mol. The van der Waals surface area contributed by atoms with Crippen molar-refractivity contribution >= 4 is 34.4 Å². The Morgan fingerprint density at radius 3 is 2.63 bits per heavy atom. The number of halogens is 1. The zero-order valence-electron chi connectivity index (χ0n) is 23.3. The fourth-order valence-corrected chi connectivity index (χ4v) is 4.77. The zero-order chi connectivity index (χ0) is 30.9. The largest absolute Gasteiger partial charge is 0.434 e. The molecule has 0 radical (unpaired) electrons. The molecular formula is C31H27FN6O5. The van der Waals surface area contributed by atoms with Crippen LogP contribution in [0.3, 0.4) is 0 Å². The fraction of sp³-hybridized carbons (Fsp3) is 0.161. The van der Waals surface area contributed by atoms with Gasteiger partial charge in [0.1, 0.15) is 29.4 Å². The molecule has 5 rings (SSSR count). The van der Waals surface area contributed by atoms with Gasteiger partial charge in [0, 0.05) is 25.2 Å². The third-order valence-corrected chi connectivity index (χ3v) is 7.06. The number of fused-ring (bicyclic) bond motifs is 1. The second kappa shape index (κ2) is 11.3. The van der Waals surface area contributed by atoms with Crippen LogP contribution in [-0.4, -0.2) is 57.2 Å². The Labute approximate surface area is 244 Å². The van der Waals surface area contributed by atoms with Gasteiger partial charge in [-0.2, -0.15) is 0 Å². The highest BCUT2D eigenvalue weighted by molar-refractivity contribution is 6.03. The van der Waals surface area contributed by atoms with Crippen LogP contribution in [0.5, 0.6) is 0 Å². The Hall–Kier alpha value is -5.65. The van der Waals surface area contributed by atoms with Gasteiger partial charge in [-0.05, 0) is 42.5 Å². The molecule has 2 aromatic heterocycles. The van der Waals surface area contributed by atoms with Crippen LogP contribution in [0.2, 0.25) is 0 Å². The lowest BCUT2D eigenvalue weighted by Crippen LogP contribution is -2.51. The lowest BCUT2D eigenvalue weighted by Gasteiger charge is -2.34. The molecule has 11 nitrogen and oxygen atoms in total. The summed E-state index contributed by atoms with van der Waals surface area (Å²) in [5.74, 6) is -2.06. The van der Waals surface area contributed by atoms with Crippen LogP contribution in [0.1, 0.15) is 21.0 Å². The molecule has 0 saturated carbocycles. The maximum Gasteiger partial charge on any atom is 0.277 e. The molecule has 2 atom stereocenters. The minimum absolute atomic E-state index is 0.109. The summed E-state index contributed by atoms with van der Waals surface area (Å²) >= 11 is 0. The van der Waals surface area contributed by atoms with E-state index in [0.29, 0.717) is 22.2 Å². The first kappa shape index (κ1) is 28.9. The maximum absolute atomic E-state index is 13.9. The highest BCUT2D eigenvalue weighted by Gasteiger charge is 2.44. The van der Waals surface area contributed by atoms with Gasteiger partial charge in [-0.25, -0.2) is 14.4 Å². The number of rotatable bonds is 8. The Kier molecular flexibility index (Phi) is 7.60. The van der Waals surface area contributed by atoms with E-state index in [4.69, 9.17) is 10.2 Å². The number of amides is 2. The number of nitrogen functional groups attached to an aromatic ring is 1. The third-order valence-electron chi connectivity index (χ3n) is 7.06. The highest BCUT2D eigenvalue weighted by Crippen LogP contribution is 2.35. The second-order valence-corrected chi connectivity index (χ2v) is 10.1. The first-order valence-electron chi connectivity index (χ1n) is 13.1. The molecule has 2 unspecified atom stereocenters. The molecule has 0 bridgehead atoms. The van der Waals surface area contributed by atoms with E-state index in [0.717, 1.165) is 4.57 Å². The number of hydrogen-bond acceptors (Lipinski definition) is 8. The summed E-state index contributed by atoms with van der Waals surface area (Å²) in [7, 11) is 3.25. The lowest BCUT2D eigenvalue weighted by atomic mass is 9.73. The molecule has 12 heteroatoms. The standard InChI is InChI=1S/C31H27FN6O5/c1-4-31(26(40)28-35-22-15-19(29(41)37(2)3)10-13-23(22)43-28)14-6-5-7-24(31)36-25(39)17-38-27(34-16-21(33)30(38)42)18-8-11-20(32)12-9-18/h4-16,24H,1,17,33H2,2-3H3,(H,36,39). The van der Waals surface area contributed by atoms with Crippen molar-refractivity contribution in [2.24, 2.45) is 5.41 Å². The van der Waals surface area contributed by atoms with Crippen molar-refractivity contribution < 1.29 is 23.2 Å². The van der Waals surface area contributed by atoms with Gasteiger partial charge in [0.2, 0.25) is 11.7 Å². The molecule has 0 spiro atoms. The number of carbonyl (C=O) groups is 3. The van der Waals surface area contributed by atoms with Gasteiger partial charge in [0.05, 0.1) is 17.7 Å². The summed E-state index contributed by atoms with van der Waals surface area (Å²) in [6, 6.07) is 9.00. The van der Waals surface area contributed by atoms with Crippen LogP contribution < -0.4 is 16.6 Å². The normalized spacial score (nSPS) is 17.5. The van der Waals surface area contributed by atoms with Gasteiger partial charge in [-0.1, -0.05) is 30.4 Å². The maximum atomic E-state index is 13.9. The van der Waals surface area contributed by atoms with E-state index in [1.54, 1.807) is 50.5 Å². The number of oxazole rings is 1. The van der Waals surface area contributed by atoms with Crippen molar-refractivity contribution in [3.05, 3.63) is 113 Å². The van der Waals surface area contributed by atoms with Crippen molar-refractivity contribution in [1.82, 2.24) is 24.8 Å². The summed E-state index contributed by atoms with van der Waals surface area (Å²) < 4.78 is 20.3. The van der Waals surface area contributed by atoms with Crippen molar-refractivity contribution in [3.63, 3.8) is 0 Å². The Morgan fingerprint density at radius 2 is 1.93 bits per heavy atom. The SMILES string of the molecule is C=CC1(C(=O)c2nc3cc(C(=O)N(C)C)ccc3o2)C=CC=CC1NC(=O)Cn1c(-c2ccc(F)cc2)ncc(N)c1=O. The summed E-state index contributed by atoms with van der Waals surface area (Å²) in [6.45, 7) is 3.36. The van der Waals surface area contributed by atoms with Crippen LogP contribution in [0.4, 0.5) is 10.1 Å². The summed E-state index contributed by atoms with van der Waals surface area (Å²) in [5.41, 5.74) is 4.84. The number of allylic oxidation sites excluding steroid dienone is 2. The van der Waals surface area contributed by atoms with E-state index < -0.39 is 41.1 Å². The summed E-state index contributed by atoms with van der Waals surface area (Å²) in [6.07, 6.45) is 9.02. The van der Waals surface area contributed by atoms with E-state index in [2.05, 4.69) is 21.9 Å². The molecule has 4 aromatic rings. The first-order chi connectivity index (χ1) is 20.5. The summed E-state index contributed by atoms with van der Waals surface area (Å²) in [5, 5.41) is 2.79. The monoisotopic (exact) mass is 582 g/mol.